The van der Waals surface area contributed by atoms with Crippen molar-refractivity contribution in [3.63, 3.8) is 0 Å². The zero-order valence-electron chi connectivity index (χ0n) is 14.7. The number of fused-ring (bicyclic) bond motifs is 1. The topological polar surface area (TPSA) is 64.0 Å². The number of hydrogen-bond acceptors (Lipinski definition) is 3. The fourth-order valence-corrected chi connectivity index (χ4v) is 3.05. The van der Waals surface area contributed by atoms with Crippen molar-refractivity contribution in [2.75, 3.05) is 5.32 Å². The van der Waals surface area contributed by atoms with Gasteiger partial charge >= 0.3 is 0 Å². The molecule has 1 N–H and O–H groups in total. The third-order valence-corrected chi connectivity index (χ3v) is 4.72. The Morgan fingerprint density at radius 2 is 1.92 bits per heavy atom. The van der Waals surface area contributed by atoms with Crippen molar-refractivity contribution >= 4 is 38.4 Å². The van der Waals surface area contributed by atoms with Gasteiger partial charge in [0.15, 0.2) is 0 Å². The molecule has 6 heteroatoms. The first-order chi connectivity index (χ1) is 12.4. The Bertz CT molecular complexity index is 994. The quantitative estimate of drug-likeness (QED) is 0.677. The summed E-state index contributed by atoms with van der Waals surface area (Å²) in [5, 5.41) is 3.40. The third-order valence-electron chi connectivity index (χ3n) is 4.23. The van der Waals surface area contributed by atoms with Crippen LogP contribution in [0.4, 0.5) is 5.69 Å². The fraction of sp³-hybridized carbons (Fsp3) is 0.250. The number of aromatic nitrogens is 2. The van der Waals surface area contributed by atoms with Gasteiger partial charge in [0.2, 0.25) is 5.91 Å². The summed E-state index contributed by atoms with van der Waals surface area (Å²) in [5.41, 5.74) is 2.48. The highest BCUT2D eigenvalue weighted by Crippen LogP contribution is 2.17. The normalized spacial score (nSPS) is 11.1. The number of carbonyl (C=O) groups excluding carboxylic acids is 1. The number of rotatable bonds is 5. The number of hydrogen-bond donors (Lipinski definition) is 1. The molecule has 2 aromatic carbocycles. The molecule has 0 spiro atoms. The summed E-state index contributed by atoms with van der Waals surface area (Å²) in [7, 11) is 0. The lowest BCUT2D eigenvalue weighted by Gasteiger charge is -2.09. The van der Waals surface area contributed by atoms with E-state index in [0.29, 0.717) is 16.8 Å². The van der Waals surface area contributed by atoms with Crippen LogP contribution >= 0.6 is 15.9 Å². The number of amides is 1. The minimum Gasteiger partial charge on any atom is -0.326 e. The number of nitrogens with one attached hydrogen (secondary N) is 1. The smallest absolute Gasteiger partial charge is 0.261 e. The lowest BCUT2D eigenvalue weighted by molar-refractivity contribution is -0.116. The van der Waals surface area contributed by atoms with Gasteiger partial charge in [0.1, 0.15) is 0 Å². The van der Waals surface area contributed by atoms with Gasteiger partial charge in [-0.2, -0.15) is 0 Å². The van der Waals surface area contributed by atoms with Crippen LogP contribution in [0.2, 0.25) is 0 Å². The molecule has 0 atom stereocenters. The maximum Gasteiger partial charge on any atom is 0.261 e. The van der Waals surface area contributed by atoms with Gasteiger partial charge < -0.3 is 5.32 Å². The summed E-state index contributed by atoms with van der Waals surface area (Å²) in [6, 6.07) is 13.2. The first kappa shape index (κ1) is 18.3. The van der Waals surface area contributed by atoms with Crippen molar-refractivity contribution in [1.82, 2.24) is 9.55 Å². The number of nitrogens with zero attached hydrogens (tertiary/aromatic N) is 2. The molecule has 134 valence electrons. The van der Waals surface area contributed by atoms with Gasteiger partial charge in [-0.1, -0.05) is 41.9 Å². The molecule has 0 unspecified atom stereocenters. The highest BCUT2D eigenvalue weighted by Gasteiger charge is 2.08. The van der Waals surface area contributed by atoms with E-state index in [0.717, 1.165) is 10.2 Å². The second-order valence-corrected chi connectivity index (χ2v) is 7.40. The average molecular weight is 414 g/mol. The highest BCUT2D eigenvalue weighted by molar-refractivity contribution is 9.10. The lowest BCUT2D eigenvalue weighted by Crippen LogP contribution is -2.23. The predicted octanol–water partition coefficient (Wildman–Crippen LogP) is 4.31. The van der Waals surface area contributed by atoms with Crippen LogP contribution in [0.25, 0.3) is 10.9 Å². The van der Waals surface area contributed by atoms with Crippen molar-refractivity contribution in [2.45, 2.75) is 32.7 Å². The van der Waals surface area contributed by atoms with Gasteiger partial charge in [-0.3, -0.25) is 14.2 Å². The van der Waals surface area contributed by atoms with Gasteiger partial charge in [-0.15, -0.1) is 0 Å². The summed E-state index contributed by atoms with van der Waals surface area (Å²) in [6.45, 7) is 4.53. The van der Waals surface area contributed by atoms with Gasteiger partial charge in [-0.05, 0) is 41.8 Å². The Kier molecular flexibility index (Phi) is 5.52. The van der Waals surface area contributed by atoms with Crippen LogP contribution in [0.15, 0.2) is 58.1 Å². The highest BCUT2D eigenvalue weighted by atomic mass is 79.9. The summed E-state index contributed by atoms with van der Waals surface area (Å²) in [4.78, 5) is 29.0. The SMILES string of the molecule is CC(C)c1ccc(NC(=O)CCn2cnc3ccc(Br)cc3c2=O)cc1. The summed E-state index contributed by atoms with van der Waals surface area (Å²) < 4.78 is 2.29. The molecular weight excluding hydrogens is 394 g/mol. The van der Waals surface area contributed by atoms with Crippen LogP contribution in [0, 0.1) is 0 Å². The van der Waals surface area contributed by atoms with E-state index in [9.17, 15) is 9.59 Å². The van der Waals surface area contributed by atoms with Crippen molar-refractivity contribution in [1.29, 1.82) is 0 Å². The first-order valence-corrected chi connectivity index (χ1v) is 9.28. The third kappa shape index (κ3) is 4.19. The van der Waals surface area contributed by atoms with Crippen molar-refractivity contribution in [3.8, 4) is 0 Å². The molecule has 0 radical (unpaired) electrons. The van der Waals surface area contributed by atoms with E-state index < -0.39 is 0 Å². The Morgan fingerprint density at radius 1 is 1.19 bits per heavy atom. The second kappa shape index (κ2) is 7.83. The van der Waals surface area contributed by atoms with Gasteiger partial charge in [0.25, 0.3) is 5.56 Å². The Hall–Kier alpha value is -2.47. The van der Waals surface area contributed by atoms with Crippen molar-refractivity contribution in [3.05, 3.63) is 69.2 Å². The molecule has 0 aliphatic carbocycles. The molecule has 0 saturated heterocycles. The maximum absolute atomic E-state index is 12.5. The van der Waals surface area contributed by atoms with Gasteiger partial charge in [-0.25, -0.2) is 4.98 Å². The minimum atomic E-state index is -0.148. The summed E-state index contributed by atoms with van der Waals surface area (Å²) in [6.07, 6.45) is 1.69. The van der Waals surface area contributed by atoms with Crippen LogP contribution in [0.1, 0.15) is 31.7 Å². The van der Waals surface area contributed by atoms with E-state index in [1.54, 1.807) is 12.1 Å². The largest absolute Gasteiger partial charge is 0.326 e. The van der Waals surface area contributed by atoms with E-state index in [1.165, 1.54) is 16.5 Å². The van der Waals surface area contributed by atoms with Crippen LogP contribution in [-0.4, -0.2) is 15.5 Å². The molecule has 0 saturated carbocycles. The van der Waals surface area contributed by atoms with Crippen molar-refractivity contribution < 1.29 is 4.79 Å². The number of anilines is 1. The predicted molar refractivity (Wildman–Crippen MR) is 107 cm³/mol. The van der Waals surface area contributed by atoms with Crippen LogP contribution in [-0.2, 0) is 11.3 Å². The standard InChI is InChI=1S/C20H20BrN3O2/c1-13(2)14-3-6-16(7-4-14)23-19(25)9-10-24-12-22-18-8-5-15(21)11-17(18)20(24)26/h3-8,11-13H,9-10H2,1-2H3,(H,23,25). The molecule has 0 bridgehead atoms. The molecule has 0 fully saturated rings. The monoisotopic (exact) mass is 413 g/mol. The van der Waals surface area contributed by atoms with Gasteiger partial charge in [0, 0.05) is 23.1 Å². The van der Waals surface area contributed by atoms with Crippen LogP contribution in [0.5, 0.6) is 0 Å². The zero-order chi connectivity index (χ0) is 18.7. The average Bonchev–Trinajstić information content (AvgIpc) is 2.62. The molecule has 3 aromatic rings. The first-order valence-electron chi connectivity index (χ1n) is 8.48. The van der Waals surface area contributed by atoms with E-state index >= 15 is 0 Å². The summed E-state index contributed by atoms with van der Waals surface area (Å²) in [5.74, 6) is 0.315. The Labute approximate surface area is 160 Å². The molecule has 3 rings (SSSR count). The van der Waals surface area contributed by atoms with Crippen LogP contribution < -0.4 is 10.9 Å². The van der Waals surface area contributed by atoms with Crippen LogP contribution in [0.3, 0.4) is 0 Å². The Morgan fingerprint density at radius 3 is 2.62 bits per heavy atom. The Balaban J connectivity index is 1.67. The molecule has 5 nitrogen and oxygen atoms in total. The second-order valence-electron chi connectivity index (χ2n) is 6.48. The molecular formula is C20H20BrN3O2. The zero-order valence-corrected chi connectivity index (χ0v) is 16.3. The lowest BCUT2D eigenvalue weighted by atomic mass is 10.0. The minimum absolute atomic E-state index is 0.136. The molecule has 0 aliphatic heterocycles. The molecule has 1 heterocycles. The van der Waals surface area contributed by atoms with Gasteiger partial charge in [0.05, 0.1) is 17.2 Å². The van der Waals surface area contributed by atoms with E-state index in [1.807, 2.05) is 30.3 Å². The maximum atomic E-state index is 12.5. The number of halogens is 1. The molecule has 0 aliphatic rings. The molecule has 1 amide bonds. The fourth-order valence-electron chi connectivity index (χ4n) is 2.69. The number of carbonyl (C=O) groups is 1. The summed E-state index contributed by atoms with van der Waals surface area (Å²) >= 11 is 3.36. The molecule has 26 heavy (non-hydrogen) atoms. The van der Waals surface area contributed by atoms with E-state index in [2.05, 4.69) is 40.1 Å². The van der Waals surface area contributed by atoms with Crippen molar-refractivity contribution in [2.24, 2.45) is 0 Å². The van der Waals surface area contributed by atoms with E-state index in [4.69, 9.17) is 0 Å². The molecule has 1 aromatic heterocycles. The number of aryl methyl sites for hydroxylation is 1. The van der Waals surface area contributed by atoms with E-state index in [-0.39, 0.29) is 24.4 Å². The number of benzene rings is 2.